The number of allylic oxidation sites excluding steroid dienone is 1. The van der Waals surface area contributed by atoms with Gasteiger partial charge < -0.3 is 9.84 Å². The summed E-state index contributed by atoms with van der Waals surface area (Å²) in [6.07, 6.45) is 5.54. The number of nitrogens with zero attached hydrogens (tertiary/aromatic N) is 1. The van der Waals surface area contributed by atoms with E-state index in [1.807, 2.05) is 0 Å². The molecule has 6 nitrogen and oxygen atoms in total. The molecule has 1 fully saturated rings. The molecule has 0 aliphatic carbocycles. The number of carbonyl (C=O) groups is 2. The topological polar surface area (TPSA) is 87.1 Å². The van der Waals surface area contributed by atoms with Gasteiger partial charge in [-0.2, -0.15) is 0 Å². The second kappa shape index (κ2) is 9.00. The fraction of sp³-hybridized carbons (Fsp3) is 0.800. The maximum absolute atomic E-state index is 12.2. The summed E-state index contributed by atoms with van der Waals surface area (Å²) < 4.78 is 5.01. The van der Waals surface area contributed by atoms with Crippen LogP contribution in [0.3, 0.4) is 0 Å². The predicted octanol–water partition coefficient (Wildman–Crippen LogP) is 3.32. The van der Waals surface area contributed by atoms with Crippen LogP contribution in [0.1, 0.15) is 67.2 Å². The highest BCUT2D eigenvalue weighted by Gasteiger charge is 2.46. The molecule has 6 heteroatoms. The van der Waals surface area contributed by atoms with E-state index < -0.39 is 22.9 Å². The first-order valence-electron chi connectivity index (χ1n) is 9.51. The van der Waals surface area contributed by atoms with Crippen LogP contribution < -0.4 is 0 Å². The molecule has 0 bridgehead atoms. The Morgan fingerprint density at radius 2 is 2.00 bits per heavy atom. The maximum Gasteiger partial charge on any atom is 0.336 e. The van der Waals surface area contributed by atoms with E-state index in [4.69, 9.17) is 4.74 Å². The van der Waals surface area contributed by atoms with Crippen LogP contribution in [0.5, 0.6) is 0 Å². The van der Waals surface area contributed by atoms with Gasteiger partial charge in [0.2, 0.25) is 0 Å². The molecule has 2 N–H and O–H groups in total. The van der Waals surface area contributed by atoms with Crippen LogP contribution >= 0.6 is 0 Å². The van der Waals surface area contributed by atoms with Crippen molar-refractivity contribution in [2.45, 2.75) is 72.8 Å². The fourth-order valence-electron chi connectivity index (χ4n) is 3.33. The number of cyclic esters (lactones) is 1. The van der Waals surface area contributed by atoms with Crippen molar-refractivity contribution < 1.29 is 24.6 Å². The molecule has 1 saturated heterocycles. The number of rotatable bonds is 8. The molecule has 0 saturated carbocycles. The minimum atomic E-state index is -1.68. The molecule has 0 radical (unpaired) electrons. The van der Waals surface area contributed by atoms with Gasteiger partial charge in [-0.05, 0) is 24.7 Å². The SMILES string of the molecule is CCCC(CC=C1C(=O)OCC1(O)CN(O)C(=O)C(C)(C)C)CC(C)C. The summed E-state index contributed by atoms with van der Waals surface area (Å²) in [7, 11) is 0. The number of ether oxygens (including phenoxy) is 1. The van der Waals surface area contributed by atoms with Crippen LogP contribution in [-0.2, 0) is 14.3 Å². The molecule has 0 aromatic rings. The van der Waals surface area contributed by atoms with Gasteiger partial charge in [-0.1, -0.05) is 60.5 Å². The maximum atomic E-state index is 12.2. The second-order valence-electron chi connectivity index (χ2n) is 8.86. The Balaban J connectivity index is 2.93. The van der Waals surface area contributed by atoms with E-state index in [9.17, 15) is 19.9 Å². The van der Waals surface area contributed by atoms with Gasteiger partial charge >= 0.3 is 5.97 Å². The summed E-state index contributed by atoms with van der Waals surface area (Å²) in [5, 5.41) is 21.4. The number of hydroxylamine groups is 2. The van der Waals surface area contributed by atoms with Crippen LogP contribution in [-0.4, -0.2) is 46.0 Å². The van der Waals surface area contributed by atoms with Crippen molar-refractivity contribution in [1.82, 2.24) is 5.06 Å². The molecular weight excluding hydrogens is 334 g/mol. The highest BCUT2D eigenvalue weighted by Crippen LogP contribution is 2.31. The summed E-state index contributed by atoms with van der Waals surface area (Å²) >= 11 is 0. The molecule has 0 spiro atoms. The van der Waals surface area contributed by atoms with E-state index in [2.05, 4.69) is 20.8 Å². The van der Waals surface area contributed by atoms with Crippen molar-refractivity contribution >= 4 is 11.9 Å². The van der Waals surface area contributed by atoms with Gasteiger partial charge in [0.05, 0.1) is 12.1 Å². The highest BCUT2D eigenvalue weighted by atomic mass is 16.6. The smallest absolute Gasteiger partial charge is 0.336 e. The highest BCUT2D eigenvalue weighted by molar-refractivity contribution is 5.93. The van der Waals surface area contributed by atoms with Gasteiger partial charge in [-0.25, -0.2) is 9.86 Å². The van der Waals surface area contributed by atoms with Gasteiger partial charge in [-0.15, -0.1) is 0 Å². The summed E-state index contributed by atoms with van der Waals surface area (Å²) in [4.78, 5) is 24.3. The molecule has 1 heterocycles. The molecule has 2 unspecified atom stereocenters. The lowest BCUT2D eigenvalue weighted by molar-refractivity contribution is -0.184. The molecule has 150 valence electrons. The van der Waals surface area contributed by atoms with Crippen molar-refractivity contribution in [1.29, 1.82) is 0 Å². The van der Waals surface area contributed by atoms with Gasteiger partial charge in [0.15, 0.2) is 5.60 Å². The fourth-order valence-corrected chi connectivity index (χ4v) is 3.33. The first kappa shape index (κ1) is 22.6. The summed E-state index contributed by atoms with van der Waals surface area (Å²) in [6, 6.07) is 0. The summed E-state index contributed by atoms with van der Waals surface area (Å²) in [5.74, 6) is -0.125. The minimum absolute atomic E-state index is 0.142. The third kappa shape index (κ3) is 6.09. The first-order valence-corrected chi connectivity index (χ1v) is 9.51. The number of hydrogen-bond donors (Lipinski definition) is 2. The Labute approximate surface area is 157 Å². The van der Waals surface area contributed by atoms with Crippen molar-refractivity contribution in [2.24, 2.45) is 17.3 Å². The number of amides is 1. The third-order valence-electron chi connectivity index (χ3n) is 4.61. The summed E-state index contributed by atoms with van der Waals surface area (Å²) in [6.45, 7) is 10.8. The third-order valence-corrected chi connectivity index (χ3v) is 4.61. The quantitative estimate of drug-likeness (QED) is 0.297. The van der Waals surface area contributed by atoms with E-state index in [1.165, 1.54) is 0 Å². The Hall–Kier alpha value is -1.40. The van der Waals surface area contributed by atoms with E-state index in [0.717, 1.165) is 19.3 Å². The van der Waals surface area contributed by atoms with Crippen LogP contribution in [0.4, 0.5) is 0 Å². The van der Waals surface area contributed by atoms with Gasteiger partial charge in [0, 0.05) is 5.41 Å². The Kier molecular flexibility index (Phi) is 7.84. The molecule has 0 aromatic carbocycles. The lowest BCUT2D eigenvalue weighted by atomic mass is 9.87. The van der Waals surface area contributed by atoms with Crippen LogP contribution in [0.2, 0.25) is 0 Å². The first-order chi connectivity index (χ1) is 11.9. The van der Waals surface area contributed by atoms with Crippen molar-refractivity contribution in [2.75, 3.05) is 13.2 Å². The summed E-state index contributed by atoms with van der Waals surface area (Å²) in [5.41, 5.74) is -2.33. The zero-order chi connectivity index (χ0) is 20.1. The van der Waals surface area contributed by atoms with E-state index in [1.54, 1.807) is 26.8 Å². The monoisotopic (exact) mass is 369 g/mol. The van der Waals surface area contributed by atoms with Gasteiger partial charge in [0.1, 0.15) is 6.61 Å². The lowest BCUT2D eigenvalue weighted by Gasteiger charge is -2.30. The molecule has 26 heavy (non-hydrogen) atoms. The molecule has 1 rings (SSSR count). The number of hydrogen-bond acceptors (Lipinski definition) is 5. The van der Waals surface area contributed by atoms with Crippen molar-refractivity contribution in [3.8, 4) is 0 Å². The normalized spacial score (nSPS) is 23.4. The standard InChI is InChI=1S/C20H35NO5/c1-7-8-15(11-14(2)3)9-10-16-17(22)26-13-20(16,24)12-21(25)18(23)19(4,5)6/h10,14-15,24-25H,7-9,11-13H2,1-6H3. The Bertz CT molecular complexity index is 535. The Morgan fingerprint density at radius 1 is 1.38 bits per heavy atom. The predicted molar refractivity (Wildman–Crippen MR) is 99.4 cm³/mol. The molecule has 1 aliphatic rings. The van der Waals surface area contributed by atoms with Gasteiger partial charge in [0.25, 0.3) is 5.91 Å². The number of esters is 1. The van der Waals surface area contributed by atoms with Crippen LogP contribution in [0.15, 0.2) is 11.6 Å². The number of carbonyl (C=O) groups excluding carboxylic acids is 2. The average molecular weight is 370 g/mol. The van der Waals surface area contributed by atoms with Crippen LogP contribution in [0, 0.1) is 17.3 Å². The Morgan fingerprint density at radius 3 is 2.50 bits per heavy atom. The van der Waals surface area contributed by atoms with Crippen LogP contribution in [0.25, 0.3) is 0 Å². The zero-order valence-electron chi connectivity index (χ0n) is 17.0. The molecule has 2 atom stereocenters. The minimum Gasteiger partial charge on any atom is -0.459 e. The molecule has 1 amide bonds. The van der Waals surface area contributed by atoms with Crippen molar-refractivity contribution in [3.05, 3.63) is 11.6 Å². The van der Waals surface area contributed by atoms with Gasteiger partial charge in [-0.3, -0.25) is 10.0 Å². The molecule has 0 aromatic heterocycles. The number of aliphatic hydroxyl groups is 1. The lowest BCUT2D eigenvalue weighted by Crippen LogP contribution is -2.49. The second-order valence-corrected chi connectivity index (χ2v) is 8.86. The largest absolute Gasteiger partial charge is 0.459 e. The molecule has 1 aliphatic heterocycles. The van der Waals surface area contributed by atoms with E-state index >= 15 is 0 Å². The van der Waals surface area contributed by atoms with Crippen molar-refractivity contribution in [3.63, 3.8) is 0 Å². The zero-order valence-corrected chi connectivity index (χ0v) is 17.0. The van der Waals surface area contributed by atoms with E-state index in [0.29, 0.717) is 23.3 Å². The molecular formula is C20H35NO5. The van der Waals surface area contributed by atoms with E-state index in [-0.39, 0.29) is 18.7 Å². The average Bonchev–Trinajstić information content (AvgIpc) is 2.77.